The summed E-state index contributed by atoms with van der Waals surface area (Å²) in [6.45, 7) is 7.55. The van der Waals surface area contributed by atoms with Crippen molar-refractivity contribution < 1.29 is 0 Å². The highest BCUT2D eigenvalue weighted by Crippen LogP contribution is 2.44. The van der Waals surface area contributed by atoms with Crippen LogP contribution >= 0.6 is 11.6 Å². The van der Waals surface area contributed by atoms with E-state index in [1.165, 1.54) is 16.8 Å². The number of H-pyrrole nitrogens is 1. The third-order valence-electron chi connectivity index (χ3n) is 6.39. The van der Waals surface area contributed by atoms with Gasteiger partial charge in [-0.1, -0.05) is 24.6 Å². The van der Waals surface area contributed by atoms with E-state index >= 15 is 0 Å². The van der Waals surface area contributed by atoms with Gasteiger partial charge in [0.2, 0.25) is 0 Å². The maximum absolute atomic E-state index is 6.35. The van der Waals surface area contributed by atoms with Gasteiger partial charge in [-0.25, -0.2) is 15.0 Å². The Morgan fingerprint density at radius 3 is 2.77 bits per heavy atom. The molecule has 1 aromatic carbocycles. The molecule has 0 bridgehead atoms. The summed E-state index contributed by atoms with van der Waals surface area (Å²) < 4.78 is 0. The highest BCUT2D eigenvalue weighted by atomic mass is 35.5. The van der Waals surface area contributed by atoms with Crippen LogP contribution in [0.15, 0.2) is 47.9 Å². The Hall–Kier alpha value is -2.66. The Morgan fingerprint density at radius 1 is 1.17 bits per heavy atom. The summed E-state index contributed by atoms with van der Waals surface area (Å²) >= 11 is 6.35. The fourth-order valence-corrected chi connectivity index (χ4v) is 5.03. The maximum Gasteiger partial charge on any atom is 0.157 e. The summed E-state index contributed by atoms with van der Waals surface area (Å²) in [4.78, 5) is 20.2. The number of aromatic amines is 1. The third-order valence-corrected chi connectivity index (χ3v) is 6.80. The van der Waals surface area contributed by atoms with E-state index in [-0.39, 0.29) is 6.04 Å². The Balaban J connectivity index is 1.62. The van der Waals surface area contributed by atoms with E-state index in [1.807, 2.05) is 31.5 Å². The van der Waals surface area contributed by atoms with Crippen LogP contribution in [0.1, 0.15) is 56.4 Å². The van der Waals surface area contributed by atoms with E-state index < -0.39 is 0 Å². The second-order valence-electron chi connectivity index (χ2n) is 8.47. The first-order valence-corrected chi connectivity index (χ1v) is 11.0. The first-order valence-electron chi connectivity index (χ1n) is 10.6. The highest BCUT2D eigenvalue weighted by Gasteiger charge is 2.38. The second-order valence-corrected chi connectivity index (χ2v) is 8.88. The van der Waals surface area contributed by atoms with Crippen molar-refractivity contribution in [3.05, 3.63) is 70.2 Å². The molecule has 6 heteroatoms. The van der Waals surface area contributed by atoms with Gasteiger partial charge in [-0.15, -0.1) is 0 Å². The van der Waals surface area contributed by atoms with Gasteiger partial charge >= 0.3 is 0 Å². The number of halogens is 1. The van der Waals surface area contributed by atoms with Gasteiger partial charge in [0.15, 0.2) is 5.82 Å². The summed E-state index contributed by atoms with van der Waals surface area (Å²) in [7, 11) is 0. The average Bonchev–Trinajstić information content (AvgIpc) is 3.31. The molecular formula is C24H26ClN5. The van der Waals surface area contributed by atoms with E-state index in [1.54, 1.807) is 0 Å². The number of aryl methyl sites for hydroxylation is 1. The van der Waals surface area contributed by atoms with Gasteiger partial charge in [0.25, 0.3) is 0 Å². The highest BCUT2D eigenvalue weighted by molar-refractivity contribution is 6.32. The maximum atomic E-state index is 6.35. The largest absolute Gasteiger partial charge is 0.361 e. The van der Waals surface area contributed by atoms with Crippen LogP contribution in [0, 0.1) is 12.8 Å². The molecule has 0 amide bonds. The molecule has 3 heterocycles. The van der Waals surface area contributed by atoms with Crippen LogP contribution in [0.25, 0.3) is 16.6 Å². The van der Waals surface area contributed by atoms with Gasteiger partial charge in [0.1, 0.15) is 5.82 Å². The SMILES string of the molecule is CC1=CCCC(c2ncccn2)=C1N1CC[C@H](C)[C@H]1c1nc2cc(Cl)c(C)cc2[nH]1. The van der Waals surface area contributed by atoms with E-state index in [9.17, 15) is 0 Å². The minimum atomic E-state index is 0.187. The van der Waals surface area contributed by atoms with Crippen molar-refractivity contribution in [2.24, 2.45) is 5.92 Å². The second kappa shape index (κ2) is 7.55. The minimum Gasteiger partial charge on any atom is -0.361 e. The molecular weight excluding hydrogens is 394 g/mol. The van der Waals surface area contributed by atoms with Crippen molar-refractivity contribution in [3.8, 4) is 0 Å². The van der Waals surface area contributed by atoms with Crippen LogP contribution in [0.3, 0.4) is 0 Å². The molecule has 1 saturated heterocycles. The number of benzene rings is 1. The van der Waals surface area contributed by atoms with E-state index in [0.29, 0.717) is 5.92 Å². The topological polar surface area (TPSA) is 57.7 Å². The molecule has 154 valence electrons. The summed E-state index contributed by atoms with van der Waals surface area (Å²) in [5, 5.41) is 0.758. The molecule has 0 saturated carbocycles. The molecule has 5 rings (SSSR count). The number of fused-ring (bicyclic) bond motifs is 1. The number of imidazole rings is 1. The van der Waals surface area contributed by atoms with Crippen LogP contribution < -0.4 is 0 Å². The number of likely N-dealkylation sites (tertiary alicyclic amines) is 1. The van der Waals surface area contributed by atoms with Crippen molar-refractivity contribution >= 4 is 28.2 Å². The molecule has 0 radical (unpaired) electrons. The fourth-order valence-electron chi connectivity index (χ4n) is 4.87. The predicted molar refractivity (Wildman–Crippen MR) is 121 cm³/mol. The zero-order chi connectivity index (χ0) is 20.8. The van der Waals surface area contributed by atoms with Gasteiger partial charge in [-0.3, -0.25) is 0 Å². The first kappa shape index (κ1) is 19.3. The third kappa shape index (κ3) is 3.21. The molecule has 1 N–H and O–H groups in total. The van der Waals surface area contributed by atoms with Crippen LogP contribution in [0.5, 0.6) is 0 Å². The number of rotatable bonds is 3. The van der Waals surface area contributed by atoms with E-state index in [0.717, 1.165) is 59.1 Å². The molecule has 2 aliphatic rings. The zero-order valence-electron chi connectivity index (χ0n) is 17.6. The molecule has 5 nitrogen and oxygen atoms in total. The minimum absolute atomic E-state index is 0.187. The van der Waals surface area contributed by atoms with Gasteiger partial charge < -0.3 is 9.88 Å². The number of nitrogens with one attached hydrogen (secondary N) is 1. The number of hydrogen-bond donors (Lipinski definition) is 1. The summed E-state index contributed by atoms with van der Waals surface area (Å²) in [6, 6.07) is 6.11. The van der Waals surface area contributed by atoms with Crippen molar-refractivity contribution in [1.82, 2.24) is 24.8 Å². The lowest BCUT2D eigenvalue weighted by Gasteiger charge is -2.33. The molecule has 0 spiro atoms. The zero-order valence-corrected chi connectivity index (χ0v) is 18.4. The summed E-state index contributed by atoms with van der Waals surface area (Å²) in [5.74, 6) is 2.34. The lowest BCUT2D eigenvalue weighted by atomic mass is 9.93. The molecule has 1 aliphatic heterocycles. The first-order chi connectivity index (χ1) is 14.5. The van der Waals surface area contributed by atoms with E-state index in [4.69, 9.17) is 16.6 Å². The average molecular weight is 420 g/mol. The smallest absolute Gasteiger partial charge is 0.157 e. The molecule has 2 atom stereocenters. The molecule has 30 heavy (non-hydrogen) atoms. The van der Waals surface area contributed by atoms with Gasteiger partial charge in [-0.2, -0.15) is 0 Å². The van der Waals surface area contributed by atoms with E-state index in [2.05, 4.69) is 45.8 Å². The number of aromatic nitrogens is 4. The number of hydrogen-bond acceptors (Lipinski definition) is 4. The van der Waals surface area contributed by atoms with Crippen LogP contribution in [0.2, 0.25) is 5.02 Å². The molecule has 0 unspecified atom stereocenters. The predicted octanol–water partition coefficient (Wildman–Crippen LogP) is 5.85. The Bertz CT molecular complexity index is 1120. The molecule has 1 aliphatic carbocycles. The summed E-state index contributed by atoms with van der Waals surface area (Å²) in [6.07, 6.45) is 9.11. The lowest BCUT2D eigenvalue weighted by Crippen LogP contribution is -2.28. The monoisotopic (exact) mass is 419 g/mol. The lowest BCUT2D eigenvalue weighted by molar-refractivity contribution is 0.288. The summed E-state index contributed by atoms with van der Waals surface area (Å²) in [5.41, 5.74) is 6.85. The number of nitrogens with zero attached hydrogens (tertiary/aromatic N) is 4. The van der Waals surface area contributed by atoms with Crippen LogP contribution in [-0.4, -0.2) is 31.4 Å². The Labute approximate surface area is 181 Å². The van der Waals surface area contributed by atoms with Crippen molar-refractivity contribution in [2.45, 2.75) is 46.1 Å². The van der Waals surface area contributed by atoms with Crippen molar-refractivity contribution in [1.29, 1.82) is 0 Å². The van der Waals surface area contributed by atoms with Gasteiger partial charge in [0.05, 0.1) is 17.1 Å². The molecule has 2 aromatic heterocycles. The fraction of sp³-hybridized carbons (Fsp3) is 0.375. The molecule has 1 fully saturated rings. The normalized spacial score (nSPS) is 22.1. The van der Waals surface area contributed by atoms with Crippen LogP contribution in [0.4, 0.5) is 0 Å². The van der Waals surface area contributed by atoms with Crippen molar-refractivity contribution in [2.75, 3.05) is 6.54 Å². The van der Waals surface area contributed by atoms with Crippen LogP contribution in [-0.2, 0) is 0 Å². The number of allylic oxidation sites excluding steroid dienone is 3. The Morgan fingerprint density at radius 2 is 1.97 bits per heavy atom. The Kier molecular flexibility index (Phi) is 4.86. The van der Waals surface area contributed by atoms with Gasteiger partial charge in [0, 0.05) is 35.2 Å². The standard InChI is InChI=1S/C24H26ClN5/c1-14-6-4-7-17(23-26-9-5-10-27-23)21(14)30-11-8-15(2)22(30)24-28-19-12-16(3)18(25)13-20(19)29-24/h5-6,9-10,12-13,15,22H,4,7-8,11H2,1-3H3,(H,28,29)/t15-,22-/m0/s1. The van der Waals surface area contributed by atoms with Gasteiger partial charge in [-0.05, 0) is 68.4 Å². The van der Waals surface area contributed by atoms with Crippen molar-refractivity contribution in [3.63, 3.8) is 0 Å². The molecule has 3 aromatic rings. The quantitative estimate of drug-likeness (QED) is 0.578.